The van der Waals surface area contributed by atoms with Crippen LogP contribution in [0.1, 0.15) is 36.7 Å². The second-order valence-corrected chi connectivity index (χ2v) is 10.5. The third-order valence-corrected chi connectivity index (χ3v) is 7.41. The molecule has 1 aliphatic carbocycles. The number of anilines is 1. The Balaban J connectivity index is 1.32. The molecule has 2 aromatic carbocycles. The van der Waals surface area contributed by atoms with E-state index in [-0.39, 0.29) is 12.3 Å². The highest BCUT2D eigenvalue weighted by Crippen LogP contribution is 2.57. The Morgan fingerprint density at radius 2 is 1.89 bits per heavy atom. The Hall–Kier alpha value is -2.87. The van der Waals surface area contributed by atoms with Crippen molar-refractivity contribution in [3.8, 4) is 11.5 Å². The van der Waals surface area contributed by atoms with E-state index in [1.807, 2.05) is 36.4 Å². The van der Waals surface area contributed by atoms with E-state index in [2.05, 4.69) is 27.4 Å². The number of halogens is 2. The molecule has 0 unspecified atom stereocenters. The smallest absolute Gasteiger partial charge is 0.259 e. The molecule has 0 aliphatic heterocycles. The van der Waals surface area contributed by atoms with Gasteiger partial charge in [-0.3, -0.25) is 9.78 Å². The molecule has 4 aromatic rings. The van der Waals surface area contributed by atoms with Gasteiger partial charge in [-0.2, -0.15) is 4.98 Å². The van der Waals surface area contributed by atoms with Gasteiger partial charge in [0.05, 0.1) is 17.4 Å². The SMILES string of the molecule is CCSc1ccc(CC(=O)Nc2cc(Cl)c(C3(c4noc(-c5cccnc5)n4)CC3)c(Cl)c2)cc1. The van der Waals surface area contributed by atoms with Crippen LogP contribution in [0, 0.1) is 0 Å². The number of hydrogen-bond acceptors (Lipinski definition) is 6. The number of rotatable bonds is 8. The summed E-state index contributed by atoms with van der Waals surface area (Å²) in [6, 6.07) is 15.1. The lowest BCUT2D eigenvalue weighted by atomic mass is 9.94. The van der Waals surface area contributed by atoms with Crippen LogP contribution in [0.15, 0.2) is 70.3 Å². The molecule has 0 radical (unpaired) electrons. The molecular weight excluding hydrogens is 503 g/mol. The summed E-state index contributed by atoms with van der Waals surface area (Å²) in [5, 5.41) is 8.04. The predicted molar refractivity (Wildman–Crippen MR) is 139 cm³/mol. The fourth-order valence-electron chi connectivity index (χ4n) is 4.10. The molecule has 178 valence electrons. The Morgan fingerprint density at radius 1 is 1.14 bits per heavy atom. The van der Waals surface area contributed by atoms with E-state index < -0.39 is 5.41 Å². The highest BCUT2D eigenvalue weighted by molar-refractivity contribution is 7.99. The average molecular weight is 525 g/mol. The molecule has 35 heavy (non-hydrogen) atoms. The maximum Gasteiger partial charge on any atom is 0.259 e. The molecule has 5 rings (SSSR count). The maximum atomic E-state index is 12.6. The molecule has 1 aliphatic rings. The number of hydrogen-bond donors (Lipinski definition) is 1. The summed E-state index contributed by atoms with van der Waals surface area (Å²) in [6.45, 7) is 2.11. The normalized spacial score (nSPS) is 14.0. The summed E-state index contributed by atoms with van der Waals surface area (Å²) in [6.07, 6.45) is 5.23. The Kier molecular flexibility index (Phi) is 6.82. The highest BCUT2D eigenvalue weighted by Gasteiger charge is 2.52. The predicted octanol–water partition coefficient (Wildman–Crippen LogP) is 6.81. The molecule has 1 fully saturated rings. The van der Waals surface area contributed by atoms with E-state index in [1.54, 1.807) is 36.3 Å². The Morgan fingerprint density at radius 3 is 2.51 bits per heavy atom. The first-order valence-corrected chi connectivity index (χ1v) is 13.0. The summed E-state index contributed by atoms with van der Waals surface area (Å²) in [7, 11) is 0. The molecule has 1 saturated carbocycles. The lowest BCUT2D eigenvalue weighted by molar-refractivity contribution is -0.115. The molecule has 0 spiro atoms. The van der Waals surface area contributed by atoms with Gasteiger partial charge >= 0.3 is 0 Å². The van der Waals surface area contributed by atoms with Gasteiger partial charge in [-0.25, -0.2) is 0 Å². The van der Waals surface area contributed by atoms with E-state index >= 15 is 0 Å². The topological polar surface area (TPSA) is 80.9 Å². The molecule has 2 aromatic heterocycles. The fourth-order valence-corrected chi connectivity index (χ4v) is 5.61. The summed E-state index contributed by atoms with van der Waals surface area (Å²) in [4.78, 5) is 22.5. The van der Waals surface area contributed by atoms with Crippen molar-refractivity contribution in [3.05, 3.63) is 87.9 Å². The molecule has 1 amide bonds. The molecule has 6 nitrogen and oxygen atoms in total. The van der Waals surface area contributed by atoms with Crippen molar-refractivity contribution in [1.82, 2.24) is 15.1 Å². The minimum Gasteiger partial charge on any atom is -0.334 e. The summed E-state index contributed by atoms with van der Waals surface area (Å²) in [5.74, 6) is 1.82. The zero-order chi connectivity index (χ0) is 24.4. The standard InChI is InChI=1S/C26H22Cl2N4O2S/c1-2-35-19-7-5-16(6-8-19)12-22(33)30-18-13-20(27)23(21(28)14-18)26(9-10-26)25-31-24(34-32-25)17-4-3-11-29-15-17/h3-8,11,13-15H,2,9-10,12H2,1H3,(H,30,33). The number of carbonyl (C=O) groups excluding carboxylic acids is 1. The Labute approximate surface area is 217 Å². The lowest BCUT2D eigenvalue weighted by Gasteiger charge is -2.17. The minimum absolute atomic E-state index is 0.138. The van der Waals surface area contributed by atoms with Crippen molar-refractivity contribution in [2.45, 2.75) is 36.5 Å². The average Bonchev–Trinajstić information content (AvgIpc) is 3.46. The first-order valence-electron chi connectivity index (χ1n) is 11.2. The summed E-state index contributed by atoms with van der Waals surface area (Å²) >= 11 is 15.1. The third kappa shape index (κ3) is 5.08. The van der Waals surface area contributed by atoms with E-state index in [0.29, 0.717) is 27.4 Å². The van der Waals surface area contributed by atoms with Gasteiger partial charge in [0.1, 0.15) is 0 Å². The Bertz CT molecular complexity index is 1330. The van der Waals surface area contributed by atoms with Crippen molar-refractivity contribution < 1.29 is 9.32 Å². The number of carbonyl (C=O) groups is 1. The minimum atomic E-state index is -0.501. The van der Waals surface area contributed by atoms with Gasteiger partial charge in [-0.1, -0.05) is 47.4 Å². The van der Waals surface area contributed by atoms with Crippen molar-refractivity contribution in [2.75, 3.05) is 11.1 Å². The molecule has 9 heteroatoms. The number of thioether (sulfide) groups is 1. The van der Waals surface area contributed by atoms with Crippen LogP contribution in [0.3, 0.4) is 0 Å². The molecule has 0 bridgehead atoms. The van der Waals surface area contributed by atoms with Crippen LogP contribution < -0.4 is 5.32 Å². The third-order valence-electron chi connectivity index (χ3n) is 5.92. The van der Waals surface area contributed by atoms with Crippen LogP contribution in [0.5, 0.6) is 0 Å². The number of amides is 1. The van der Waals surface area contributed by atoms with Crippen molar-refractivity contribution in [3.63, 3.8) is 0 Å². The first-order chi connectivity index (χ1) is 17.0. The first kappa shape index (κ1) is 23.9. The van der Waals surface area contributed by atoms with E-state index in [1.165, 1.54) is 4.90 Å². The monoisotopic (exact) mass is 524 g/mol. The zero-order valence-electron chi connectivity index (χ0n) is 18.9. The van der Waals surface area contributed by atoms with Crippen molar-refractivity contribution in [1.29, 1.82) is 0 Å². The van der Waals surface area contributed by atoms with Crippen LogP contribution >= 0.6 is 35.0 Å². The van der Waals surface area contributed by atoms with Gasteiger partial charge in [0, 0.05) is 38.6 Å². The highest BCUT2D eigenvalue weighted by atomic mass is 35.5. The summed E-state index contributed by atoms with van der Waals surface area (Å²) in [5.41, 5.74) is 2.48. The van der Waals surface area contributed by atoms with Gasteiger partial charge in [0.15, 0.2) is 5.82 Å². The van der Waals surface area contributed by atoms with Gasteiger partial charge in [0.2, 0.25) is 5.91 Å². The van der Waals surface area contributed by atoms with Crippen LogP contribution in [0.25, 0.3) is 11.5 Å². The molecular formula is C26H22Cl2N4O2S. The second kappa shape index (κ2) is 10.0. The van der Waals surface area contributed by atoms with Gasteiger partial charge < -0.3 is 9.84 Å². The summed E-state index contributed by atoms with van der Waals surface area (Å²) < 4.78 is 5.49. The van der Waals surface area contributed by atoms with Gasteiger partial charge in [-0.05, 0) is 60.6 Å². The number of pyridine rings is 1. The van der Waals surface area contributed by atoms with Crippen molar-refractivity contribution >= 4 is 46.6 Å². The number of aromatic nitrogens is 3. The van der Waals surface area contributed by atoms with Crippen LogP contribution in [-0.4, -0.2) is 26.8 Å². The van der Waals surface area contributed by atoms with Gasteiger partial charge in [-0.15, -0.1) is 11.8 Å². The zero-order valence-corrected chi connectivity index (χ0v) is 21.3. The largest absolute Gasteiger partial charge is 0.334 e. The molecule has 1 N–H and O–H groups in total. The van der Waals surface area contributed by atoms with Crippen LogP contribution in [0.2, 0.25) is 10.0 Å². The quantitative estimate of drug-likeness (QED) is 0.255. The maximum absolute atomic E-state index is 12.6. The molecule has 2 heterocycles. The number of nitrogens with one attached hydrogen (secondary N) is 1. The van der Waals surface area contributed by atoms with Crippen LogP contribution in [-0.2, 0) is 16.6 Å². The van der Waals surface area contributed by atoms with Crippen molar-refractivity contribution in [2.24, 2.45) is 0 Å². The molecule has 0 saturated heterocycles. The van der Waals surface area contributed by atoms with E-state index in [9.17, 15) is 4.79 Å². The van der Waals surface area contributed by atoms with E-state index in [0.717, 1.165) is 35.3 Å². The number of nitrogens with zero attached hydrogens (tertiary/aromatic N) is 3. The van der Waals surface area contributed by atoms with E-state index in [4.69, 9.17) is 27.7 Å². The lowest BCUT2D eigenvalue weighted by Crippen LogP contribution is -2.16. The van der Waals surface area contributed by atoms with Gasteiger partial charge in [0.25, 0.3) is 5.89 Å². The fraction of sp³-hybridized carbons (Fsp3) is 0.231. The number of benzene rings is 2. The molecule has 0 atom stereocenters. The van der Waals surface area contributed by atoms with Crippen LogP contribution in [0.4, 0.5) is 5.69 Å². The second-order valence-electron chi connectivity index (χ2n) is 8.36.